The minimum absolute atomic E-state index is 0.200. The van der Waals surface area contributed by atoms with Crippen LogP contribution in [0.5, 0.6) is 0 Å². The van der Waals surface area contributed by atoms with Crippen LogP contribution in [0.25, 0.3) is 22.4 Å². The van der Waals surface area contributed by atoms with Gasteiger partial charge in [-0.3, -0.25) is 0 Å². The Morgan fingerprint density at radius 1 is 1.21 bits per heavy atom. The molecule has 0 saturated carbocycles. The number of aromatic amines is 1. The number of hydrogen-bond acceptors (Lipinski definition) is 3. The predicted molar refractivity (Wildman–Crippen MR) is 81.9 cm³/mol. The van der Waals surface area contributed by atoms with E-state index in [0.717, 1.165) is 0 Å². The lowest BCUT2D eigenvalue weighted by Crippen LogP contribution is -2.14. The van der Waals surface area contributed by atoms with E-state index in [-0.39, 0.29) is 5.82 Å². The van der Waals surface area contributed by atoms with E-state index in [0.29, 0.717) is 23.2 Å². The molecule has 0 fully saturated rings. The van der Waals surface area contributed by atoms with Crippen molar-refractivity contribution in [1.82, 2.24) is 9.97 Å². The van der Waals surface area contributed by atoms with Gasteiger partial charge in [0.1, 0.15) is 5.82 Å². The SMILES string of the molecule is O=C(O)/C(=C(/[O-])c1cc(F)c(F)cc1Cl)c1nc2ccccc2[nH]1. The van der Waals surface area contributed by atoms with Crippen LogP contribution in [-0.4, -0.2) is 21.0 Å². The van der Waals surface area contributed by atoms with Gasteiger partial charge in [-0.1, -0.05) is 29.5 Å². The molecular weight excluding hydrogens is 342 g/mol. The summed E-state index contributed by atoms with van der Waals surface area (Å²) in [6.07, 6.45) is 0. The Labute approximate surface area is 138 Å². The van der Waals surface area contributed by atoms with Crippen LogP contribution in [0.2, 0.25) is 5.02 Å². The topological polar surface area (TPSA) is 89.0 Å². The van der Waals surface area contributed by atoms with E-state index in [1.165, 1.54) is 0 Å². The van der Waals surface area contributed by atoms with E-state index in [1.54, 1.807) is 24.3 Å². The first kappa shape index (κ1) is 15.9. The maximum absolute atomic E-state index is 13.4. The van der Waals surface area contributed by atoms with Crippen molar-refractivity contribution in [3.05, 3.63) is 64.4 Å². The van der Waals surface area contributed by atoms with Crippen LogP contribution in [0.1, 0.15) is 11.4 Å². The van der Waals surface area contributed by atoms with Gasteiger partial charge in [-0.05, 0) is 29.8 Å². The van der Waals surface area contributed by atoms with E-state index in [9.17, 15) is 23.8 Å². The highest BCUT2D eigenvalue weighted by Gasteiger charge is 2.19. The number of carboxylic acid groups (broad SMARTS) is 1. The second-order valence-electron chi connectivity index (χ2n) is 4.86. The monoisotopic (exact) mass is 349 g/mol. The molecule has 0 aliphatic heterocycles. The molecule has 1 heterocycles. The van der Waals surface area contributed by atoms with Gasteiger partial charge in [-0.2, -0.15) is 0 Å². The summed E-state index contributed by atoms with van der Waals surface area (Å²) in [5.41, 5.74) is -0.210. The predicted octanol–water partition coefficient (Wildman–Crippen LogP) is 2.81. The number of carboxylic acids is 1. The third-order valence-electron chi connectivity index (χ3n) is 3.32. The molecule has 2 aromatic carbocycles. The number of nitrogens with zero attached hydrogens (tertiary/aromatic N) is 1. The number of aromatic nitrogens is 2. The number of carbonyl (C=O) groups is 1. The van der Waals surface area contributed by atoms with Crippen molar-refractivity contribution >= 4 is 39.9 Å². The Kier molecular flexibility index (Phi) is 3.94. The Morgan fingerprint density at radius 3 is 2.54 bits per heavy atom. The van der Waals surface area contributed by atoms with Gasteiger partial charge in [0.15, 0.2) is 11.6 Å². The van der Waals surface area contributed by atoms with Crippen LogP contribution in [0, 0.1) is 11.6 Å². The number of halogens is 3. The maximum atomic E-state index is 13.4. The molecule has 5 nitrogen and oxygen atoms in total. The third kappa shape index (κ3) is 2.69. The molecule has 0 bridgehead atoms. The van der Waals surface area contributed by atoms with Gasteiger partial charge in [-0.15, -0.1) is 0 Å². The van der Waals surface area contributed by atoms with Gasteiger partial charge in [-0.25, -0.2) is 18.6 Å². The van der Waals surface area contributed by atoms with E-state index >= 15 is 0 Å². The lowest BCUT2D eigenvalue weighted by Gasteiger charge is -2.17. The summed E-state index contributed by atoms with van der Waals surface area (Å²) in [5.74, 6) is -5.39. The van der Waals surface area contributed by atoms with Crippen molar-refractivity contribution in [2.45, 2.75) is 0 Å². The van der Waals surface area contributed by atoms with Crippen LogP contribution in [-0.2, 0) is 4.79 Å². The van der Waals surface area contributed by atoms with E-state index in [4.69, 9.17) is 11.6 Å². The molecule has 3 aromatic rings. The molecule has 0 saturated heterocycles. The number of hydrogen-bond donors (Lipinski definition) is 2. The number of para-hydroxylation sites is 2. The second kappa shape index (κ2) is 5.93. The number of H-pyrrole nitrogens is 1. The molecule has 2 N–H and O–H groups in total. The zero-order valence-corrected chi connectivity index (χ0v) is 12.6. The van der Waals surface area contributed by atoms with Gasteiger partial charge in [0.25, 0.3) is 0 Å². The lowest BCUT2D eigenvalue weighted by molar-refractivity contribution is -0.243. The van der Waals surface area contributed by atoms with Crippen molar-refractivity contribution in [2.24, 2.45) is 0 Å². The molecule has 0 radical (unpaired) electrons. The highest BCUT2D eigenvalue weighted by atomic mass is 35.5. The number of rotatable bonds is 3. The molecule has 24 heavy (non-hydrogen) atoms. The Morgan fingerprint density at radius 2 is 1.88 bits per heavy atom. The van der Waals surface area contributed by atoms with Gasteiger partial charge in [0, 0.05) is 0 Å². The molecule has 0 amide bonds. The number of imidazole rings is 1. The van der Waals surface area contributed by atoms with E-state index < -0.39 is 39.5 Å². The Balaban J connectivity index is 2.25. The Hall–Kier alpha value is -2.93. The first-order chi connectivity index (χ1) is 11.4. The highest BCUT2D eigenvalue weighted by molar-refractivity contribution is 6.33. The molecule has 0 unspecified atom stereocenters. The highest BCUT2D eigenvalue weighted by Crippen LogP contribution is 2.29. The van der Waals surface area contributed by atoms with Gasteiger partial charge >= 0.3 is 5.97 Å². The number of nitrogens with one attached hydrogen (secondary N) is 1. The third-order valence-corrected chi connectivity index (χ3v) is 3.63. The van der Waals surface area contributed by atoms with Crippen molar-refractivity contribution in [2.75, 3.05) is 0 Å². The Bertz CT molecular complexity index is 965. The fourth-order valence-corrected chi connectivity index (χ4v) is 2.44. The van der Waals surface area contributed by atoms with Crippen molar-refractivity contribution in [3.8, 4) is 0 Å². The molecule has 3 rings (SSSR count). The molecule has 0 aliphatic rings. The van der Waals surface area contributed by atoms with Crippen LogP contribution >= 0.6 is 11.6 Å². The molecule has 0 spiro atoms. The lowest BCUT2D eigenvalue weighted by atomic mass is 10.1. The minimum Gasteiger partial charge on any atom is -0.871 e. The van der Waals surface area contributed by atoms with Crippen LogP contribution in [0.3, 0.4) is 0 Å². The molecule has 8 heteroatoms. The zero-order valence-electron chi connectivity index (χ0n) is 11.8. The normalized spacial score (nSPS) is 12.3. The maximum Gasteiger partial charge on any atom is 0.338 e. The van der Waals surface area contributed by atoms with Crippen LogP contribution in [0.15, 0.2) is 36.4 Å². The first-order valence-electron chi connectivity index (χ1n) is 6.63. The van der Waals surface area contributed by atoms with E-state index in [2.05, 4.69) is 9.97 Å². The summed E-state index contributed by atoms with van der Waals surface area (Å²) in [7, 11) is 0. The van der Waals surface area contributed by atoms with Gasteiger partial charge < -0.3 is 15.2 Å². The van der Waals surface area contributed by atoms with Gasteiger partial charge in [0.05, 0.1) is 21.6 Å². The number of benzene rings is 2. The fourth-order valence-electron chi connectivity index (χ4n) is 2.21. The molecule has 1 aromatic heterocycles. The molecule has 0 atom stereocenters. The summed E-state index contributed by atoms with van der Waals surface area (Å²) in [4.78, 5) is 18.3. The number of fused-ring (bicyclic) bond motifs is 1. The van der Waals surface area contributed by atoms with Crippen molar-refractivity contribution < 1.29 is 23.8 Å². The quantitative estimate of drug-likeness (QED) is 0.432. The average Bonchev–Trinajstić information content (AvgIpc) is 2.93. The number of aliphatic carboxylic acids is 1. The smallest absolute Gasteiger partial charge is 0.338 e. The van der Waals surface area contributed by atoms with Crippen molar-refractivity contribution in [1.29, 1.82) is 0 Å². The van der Waals surface area contributed by atoms with E-state index in [1.807, 2.05) is 0 Å². The first-order valence-corrected chi connectivity index (χ1v) is 7.01. The summed E-state index contributed by atoms with van der Waals surface area (Å²) in [6, 6.07) is 7.86. The second-order valence-corrected chi connectivity index (χ2v) is 5.27. The average molecular weight is 350 g/mol. The fraction of sp³-hybridized carbons (Fsp3) is 0. The van der Waals surface area contributed by atoms with Crippen molar-refractivity contribution in [3.63, 3.8) is 0 Å². The van der Waals surface area contributed by atoms with Gasteiger partial charge in [0.2, 0.25) is 0 Å². The molecular formula is C16H8ClF2N2O3-. The standard InChI is InChI=1S/C16H9ClF2N2O3/c17-8-6-10(19)9(18)5-7(8)14(22)13(16(23)24)15-20-11-3-1-2-4-12(11)21-15/h1-6,22H,(H,20,21)(H,23,24)/p-1/b14-13+. The summed E-state index contributed by atoms with van der Waals surface area (Å²) in [6.45, 7) is 0. The summed E-state index contributed by atoms with van der Waals surface area (Å²) < 4.78 is 26.5. The van der Waals surface area contributed by atoms with Crippen LogP contribution in [0.4, 0.5) is 8.78 Å². The van der Waals surface area contributed by atoms with Crippen LogP contribution < -0.4 is 5.11 Å². The summed E-state index contributed by atoms with van der Waals surface area (Å²) >= 11 is 5.75. The molecule has 0 aliphatic carbocycles. The zero-order chi connectivity index (χ0) is 17.4. The minimum atomic E-state index is -1.57. The molecule has 122 valence electrons. The summed E-state index contributed by atoms with van der Waals surface area (Å²) in [5, 5.41) is 21.5. The largest absolute Gasteiger partial charge is 0.871 e.